The molecule has 32 heavy (non-hydrogen) atoms. The van der Waals surface area contributed by atoms with Crippen molar-refractivity contribution in [2.75, 3.05) is 23.1 Å². The number of nitrogens with zero attached hydrogens (tertiary/aromatic N) is 1. The van der Waals surface area contributed by atoms with Gasteiger partial charge in [-0.25, -0.2) is 12.8 Å². The van der Waals surface area contributed by atoms with E-state index in [0.29, 0.717) is 29.2 Å². The molecule has 10 heteroatoms. The summed E-state index contributed by atoms with van der Waals surface area (Å²) < 4.78 is 41.6. The van der Waals surface area contributed by atoms with E-state index in [-0.39, 0.29) is 16.5 Å². The zero-order valence-electron chi connectivity index (χ0n) is 17.6. The molecule has 1 fully saturated rings. The summed E-state index contributed by atoms with van der Waals surface area (Å²) in [6, 6.07) is 8.40. The zero-order chi connectivity index (χ0) is 22.9. The number of fused-ring (bicyclic) bond motifs is 1. The number of carbonyl (C=O) groups excluding carboxylic acids is 2. The van der Waals surface area contributed by atoms with Gasteiger partial charge in [0, 0.05) is 18.0 Å². The maximum absolute atomic E-state index is 13.8. The molecule has 2 aromatic carbocycles. The molecule has 2 amide bonds. The molecule has 0 saturated carbocycles. The number of halogens is 1. The Balaban J connectivity index is 1.53. The van der Waals surface area contributed by atoms with Crippen LogP contribution in [-0.2, 0) is 19.6 Å². The average molecular weight is 478 g/mol. The van der Waals surface area contributed by atoms with E-state index in [0.717, 1.165) is 43.5 Å². The standard InChI is InChI=1S/C22H24FN3O4S2/c1-14-6-7-15(12-17(14)23)25-32(29,30)16-8-9-19-18(13-16)24-21(27)20(31-19)22(28)26-10-4-2-3-5-11-26/h6-9,12-13,20,25H,2-5,10-11H2,1H3,(H,24,27). The van der Waals surface area contributed by atoms with Crippen molar-refractivity contribution in [2.24, 2.45) is 0 Å². The van der Waals surface area contributed by atoms with E-state index in [2.05, 4.69) is 10.0 Å². The predicted molar refractivity (Wildman–Crippen MR) is 122 cm³/mol. The molecule has 1 saturated heterocycles. The van der Waals surface area contributed by atoms with Gasteiger partial charge in [0.15, 0.2) is 5.25 Å². The fourth-order valence-corrected chi connectivity index (χ4v) is 5.87. The Bertz CT molecular complexity index is 1160. The van der Waals surface area contributed by atoms with Gasteiger partial charge in [0.05, 0.1) is 16.3 Å². The molecule has 0 radical (unpaired) electrons. The number of likely N-dealkylation sites (tertiary alicyclic amines) is 1. The van der Waals surface area contributed by atoms with Gasteiger partial charge < -0.3 is 10.2 Å². The minimum Gasteiger partial charge on any atom is -0.341 e. The van der Waals surface area contributed by atoms with Crippen molar-refractivity contribution < 1.29 is 22.4 Å². The number of anilines is 2. The van der Waals surface area contributed by atoms with Crippen LogP contribution < -0.4 is 10.0 Å². The van der Waals surface area contributed by atoms with Crippen LogP contribution in [0.1, 0.15) is 31.2 Å². The Morgan fingerprint density at radius 3 is 2.53 bits per heavy atom. The highest BCUT2D eigenvalue weighted by Crippen LogP contribution is 2.38. The van der Waals surface area contributed by atoms with Crippen LogP contribution in [0.5, 0.6) is 0 Å². The summed E-state index contributed by atoms with van der Waals surface area (Å²) in [6.07, 6.45) is 4.02. The highest BCUT2D eigenvalue weighted by atomic mass is 32.2. The molecule has 2 aromatic rings. The van der Waals surface area contributed by atoms with E-state index in [9.17, 15) is 22.4 Å². The number of aryl methyl sites for hydroxylation is 1. The average Bonchev–Trinajstić information content (AvgIpc) is 3.04. The molecule has 2 heterocycles. The molecule has 2 N–H and O–H groups in total. The van der Waals surface area contributed by atoms with Crippen LogP contribution in [0.15, 0.2) is 46.2 Å². The molecule has 7 nitrogen and oxygen atoms in total. The summed E-state index contributed by atoms with van der Waals surface area (Å²) in [5, 5.41) is 1.79. The van der Waals surface area contributed by atoms with Crippen molar-refractivity contribution in [2.45, 2.75) is 47.6 Å². The van der Waals surface area contributed by atoms with Gasteiger partial charge in [-0.3, -0.25) is 14.3 Å². The van der Waals surface area contributed by atoms with E-state index in [1.807, 2.05) is 0 Å². The first kappa shape index (κ1) is 22.6. The molecular weight excluding hydrogens is 453 g/mol. The van der Waals surface area contributed by atoms with Crippen LogP contribution >= 0.6 is 11.8 Å². The van der Waals surface area contributed by atoms with Crippen molar-refractivity contribution in [1.82, 2.24) is 4.90 Å². The van der Waals surface area contributed by atoms with Gasteiger partial charge in [0.25, 0.3) is 10.0 Å². The van der Waals surface area contributed by atoms with Crippen molar-refractivity contribution in [3.8, 4) is 0 Å². The second-order valence-corrected chi connectivity index (χ2v) is 10.8. The Hall–Kier alpha value is -2.59. The van der Waals surface area contributed by atoms with Gasteiger partial charge >= 0.3 is 0 Å². The lowest BCUT2D eigenvalue weighted by Crippen LogP contribution is -2.45. The number of nitrogens with one attached hydrogen (secondary N) is 2. The van der Waals surface area contributed by atoms with Gasteiger partial charge in [-0.05, 0) is 55.7 Å². The SMILES string of the molecule is Cc1ccc(NS(=O)(=O)c2ccc3c(c2)NC(=O)C(C(=O)N2CCCCCC2)S3)cc1F. The maximum atomic E-state index is 13.8. The second-order valence-electron chi connectivity index (χ2n) is 7.95. The largest absolute Gasteiger partial charge is 0.341 e. The van der Waals surface area contributed by atoms with Crippen molar-refractivity contribution in [1.29, 1.82) is 0 Å². The normalized spacial score (nSPS) is 19.0. The number of rotatable bonds is 4. The first-order valence-electron chi connectivity index (χ1n) is 10.4. The van der Waals surface area contributed by atoms with E-state index >= 15 is 0 Å². The Kier molecular flexibility index (Phi) is 6.43. The molecular formula is C22H24FN3O4S2. The lowest BCUT2D eigenvalue weighted by Gasteiger charge is -2.28. The highest BCUT2D eigenvalue weighted by molar-refractivity contribution is 8.01. The first-order chi connectivity index (χ1) is 15.2. The van der Waals surface area contributed by atoms with Gasteiger partial charge in [-0.2, -0.15) is 0 Å². The van der Waals surface area contributed by atoms with E-state index in [1.54, 1.807) is 17.9 Å². The molecule has 2 aliphatic rings. The minimum absolute atomic E-state index is 0.0737. The summed E-state index contributed by atoms with van der Waals surface area (Å²) in [5.41, 5.74) is 0.843. The zero-order valence-corrected chi connectivity index (χ0v) is 19.2. The summed E-state index contributed by atoms with van der Waals surface area (Å²) in [4.78, 5) is 27.9. The number of amides is 2. The van der Waals surface area contributed by atoms with Crippen LogP contribution in [0.3, 0.4) is 0 Å². The number of thioether (sulfide) groups is 1. The number of benzene rings is 2. The lowest BCUT2D eigenvalue weighted by atomic mass is 10.2. The van der Waals surface area contributed by atoms with Gasteiger partial charge in [0.2, 0.25) is 11.8 Å². The third kappa shape index (κ3) is 4.75. The summed E-state index contributed by atoms with van der Waals surface area (Å²) in [5.74, 6) is -1.18. The van der Waals surface area contributed by atoms with Gasteiger partial charge in [-0.15, -0.1) is 11.8 Å². The Labute approximate surface area is 190 Å². The quantitative estimate of drug-likeness (QED) is 0.654. The third-order valence-electron chi connectivity index (χ3n) is 5.57. The smallest absolute Gasteiger partial charge is 0.261 e. The molecule has 0 spiro atoms. The second kappa shape index (κ2) is 9.11. The molecule has 0 aromatic heterocycles. The van der Waals surface area contributed by atoms with E-state index < -0.39 is 27.0 Å². The summed E-state index contributed by atoms with van der Waals surface area (Å²) >= 11 is 1.13. The molecule has 1 unspecified atom stereocenters. The molecule has 0 bridgehead atoms. The Morgan fingerprint density at radius 2 is 1.84 bits per heavy atom. The first-order valence-corrected chi connectivity index (χ1v) is 12.8. The van der Waals surface area contributed by atoms with Crippen LogP contribution in [0, 0.1) is 12.7 Å². The summed E-state index contributed by atoms with van der Waals surface area (Å²) in [6.45, 7) is 2.89. The Morgan fingerprint density at radius 1 is 1.12 bits per heavy atom. The fraction of sp³-hybridized carbons (Fsp3) is 0.364. The predicted octanol–water partition coefficient (Wildman–Crippen LogP) is 3.75. The molecule has 1 atom stereocenters. The topological polar surface area (TPSA) is 95.6 Å². The van der Waals surface area contributed by atoms with Gasteiger partial charge in [0.1, 0.15) is 5.82 Å². The number of hydrogen-bond donors (Lipinski definition) is 2. The monoisotopic (exact) mass is 477 g/mol. The van der Waals surface area contributed by atoms with Crippen molar-refractivity contribution in [3.05, 3.63) is 47.8 Å². The van der Waals surface area contributed by atoms with Gasteiger partial charge in [-0.1, -0.05) is 18.9 Å². The van der Waals surface area contributed by atoms with Crippen LogP contribution in [0.25, 0.3) is 0 Å². The minimum atomic E-state index is -4.00. The van der Waals surface area contributed by atoms with Crippen LogP contribution in [0.4, 0.5) is 15.8 Å². The van der Waals surface area contributed by atoms with E-state index in [1.165, 1.54) is 24.3 Å². The fourth-order valence-electron chi connectivity index (χ4n) is 3.75. The molecule has 170 valence electrons. The number of carbonyl (C=O) groups is 2. The van der Waals surface area contributed by atoms with Crippen molar-refractivity contribution >= 4 is 45.0 Å². The number of sulfonamides is 1. The van der Waals surface area contributed by atoms with E-state index in [4.69, 9.17) is 0 Å². The maximum Gasteiger partial charge on any atom is 0.261 e. The summed E-state index contributed by atoms with van der Waals surface area (Å²) in [7, 11) is -4.00. The number of hydrogen-bond acceptors (Lipinski definition) is 5. The van der Waals surface area contributed by atoms with Crippen molar-refractivity contribution in [3.63, 3.8) is 0 Å². The lowest BCUT2D eigenvalue weighted by molar-refractivity contribution is -0.133. The molecule has 4 rings (SSSR count). The van der Waals surface area contributed by atoms with Crippen LogP contribution in [-0.4, -0.2) is 43.5 Å². The van der Waals surface area contributed by atoms with Crippen LogP contribution in [0.2, 0.25) is 0 Å². The highest BCUT2D eigenvalue weighted by Gasteiger charge is 2.36. The third-order valence-corrected chi connectivity index (χ3v) is 8.21. The molecule has 0 aliphatic carbocycles. The molecule has 2 aliphatic heterocycles.